The first kappa shape index (κ1) is 49.6. The summed E-state index contributed by atoms with van der Waals surface area (Å²) in [5.74, 6) is 1.46. The first-order valence-corrected chi connectivity index (χ1v) is 19.4. The van der Waals surface area contributed by atoms with Crippen LogP contribution in [0.3, 0.4) is 0 Å². The van der Waals surface area contributed by atoms with Crippen LogP contribution < -0.4 is 9.47 Å². The zero-order valence-corrected chi connectivity index (χ0v) is 32.9. The summed E-state index contributed by atoms with van der Waals surface area (Å²) in [6.07, 6.45) is 0.596. The van der Waals surface area contributed by atoms with Crippen molar-refractivity contribution in [1.29, 1.82) is 0 Å². The number of aliphatic hydroxyl groups excluding tert-OH is 3. The van der Waals surface area contributed by atoms with Crippen molar-refractivity contribution in [1.82, 2.24) is 0 Å². The predicted molar refractivity (Wildman–Crippen MR) is 206 cm³/mol. The monoisotopic (exact) mass is 801 g/mol. The third kappa shape index (κ3) is 27.2. The summed E-state index contributed by atoms with van der Waals surface area (Å²) in [4.78, 5) is 0. The molecule has 0 fully saturated rings. The van der Waals surface area contributed by atoms with Gasteiger partial charge in [-0.1, -0.05) is 18.2 Å². The molecule has 2 rings (SSSR count). The molecule has 2 aromatic carbocycles. The van der Waals surface area contributed by atoms with E-state index in [-0.39, 0.29) is 19.8 Å². The minimum Gasteiger partial charge on any atom is -0.491 e. The zero-order chi connectivity index (χ0) is 39.8. The summed E-state index contributed by atoms with van der Waals surface area (Å²) in [6.45, 7) is 10.2. The highest BCUT2D eigenvalue weighted by Gasteiger charge is 2.13. The fraction of sp³-hybridized carbons (Fsp3) is 0.700. The van der Waals surface area contributed by atoms with Gasteiger partial charge in [-0.15, -0.1) is 0 Å². The van der Waals surface area contributed by atoms with Gasteiger partial charge >= 0.3 is 0 Å². The van der Waals surface area contributed by atoms with Crippen molar-refractivity contribution in [3.63, 3.8) is 0 Å². The van der Waals surface area contributed by atoms with Crippen LogP contribution in [0.5, 0.6) is 11.5 Å². The highest BCUT2D eigenvalue weighted by Crippen LogP contribution is 2.32. The van der Waals surface area contributed by atoms with Crippen molar-refractivity contribution in [3.05, 3.63) is 48.0 Å². The highest BCUT2D eigenvalue weighted by atomic mass is 16.6. The van der Waals surface area contributed by atoms with E-state index in [1.165, 1.54) is 0 Å². The topological polar surface area (TPSA) is 181 Å². The van der Waals surface area contributed by atoms with E-state index in [4.69, 9.17) is 76.9 Å². The van der Waals surface area contributed by atoms with E-state index in [2.05, 4.69) is 6.07 Å². The Morgan fingerprint density at radius 2 is 0.696 bits per heavy atom. The van der Waals surface area contributed by atoms with E-state index in [0.29, 0.717) is 165 Å². The maximum atomic E-state index is 8.79. The maximum Gasteiger partial charge on any atom is 0.123 e. The fourth-order valence-corrected chi connectivity index (χ4v) is 4.73. The van der Waals surface area contributed by atoms with Crippen LogP contribution in [0, 0.1) is 6.07 Å². The summed E-state index contributed by atoms with van der Waals surface area (Å²) in [6, 6.07) is 15.0. The Bertz CT molecular complexity index is 1130. The van der Waals surface area contributed by atoms with E-state index in [1.54, 1.807) is 0 Å². The van der Waals surface area contributed by atoms with E-state index in [0.717, 1.165) is 28.2 Å². The lowest BCUT2D eigenvalue weighted by molar-refractivity contribution is -0.00783. The molecule has 0 aromatic heterocycles. The van der Waals surface area contributed by atoms with E-state index in [1.807, 2.05) is 36.4 Å². The standard InChI is InChI=1S/C40H65O16/c41-9-13-45-17-21-48-20-16-44-12-8-39-38(2-1-3-40(39)56-35-33-54-31-29-52-27-25-50-23-19-47-15-11-43)36-4-6-37(7-5-36)55-34-32-53-30-28-51-26-24-49-22-18-46-14-10-42/h1,3-7,41-43H,8-35H2. The second-order valence-electron chi connectivity index (χ2n) is 11.6. The Morgan fingerprint density at radius 1 is 0.357 bits per heavy atom. The summed E-state index contributed by atoms with van der Waals surface area (Å²) < 4.78 is 72.1. The summed E-state index contributed by atoms with van der Waals surface area (Å²) in [7, 11) is 0. The Balaban J connectivity index is 1.75. The summed E-state index contributed by atoms with van der Waals surface area (Å²) in [5.41, 5.74) is 2.85. The highest BCUT2D eigenvalue weighted by molar-refractivity contribution is 5.70. The zero-order valence-electron chi connectivity index (χ0n) is 32.9. The Labute approximate surface area is 332 Å². The molecule has 3 N–H and O–H groups in total. The molecule has 0 bridgehead atoms. The Morgan fingerprint density at radius 3 is 1.09 bits per heavy atom. The molecule has 0 aliphatic heterocycles. The van der Waals surface area contributed by atoms with Gasteiger partial charge in [0.05, 0.1) is 165 Å². The van der Waals surface area contributed by atoms with Gasteiger partial charge in [0.1, 0.15) is 24.7 Å². The average molecular weight is 802 g/mol. The Hall–Kier alpha value is -2.52. The average Bonchev–Trinajstić information content (AvgIpc) is 3.22. The van der Waals surface area contributed by atoms with Gasteiger partial charge < -0.3 is 76.9 Å². The van der Waals surface area contributed by atoms with E-state index >= 15 is 0 Å². The molecule has 0 amide bonds. The molecule has 56 heavy (non-hydrogen) atoms. The van der Waals surface area contributed by atoms with Gasteiger partial charge in [-0.2, -0.15) is 0 Å². The van der Waals surface area contributed by atoms with Crippen molar-refractivity contribution in [2.45, 2.75) is 6.42 Å². The first-order valence-electron chi connectivity index (χ1n) is 19.4. The third-order valence-electron chi connectivity index (χ3n) is 7.37. The molecule has 0 atom stereocenters. The lowest BCUT2D eigenvalue weighted by Gasteiger charge is -2.17. The van der Waals surface area contributed by atoms with Gasteiger partial charge in [0.25, 0.3) is 0 Å². The molecule has 0 saturated carbocycles. The maximum absolute atomic E-state index is 8.79. The third-order valence-corrected chi connectivity index (χ3v) is 7.37. The molecular formula is C40H65O16. The number of rotatable bonds is 42. The molecule has 0 aliphatic carbocycles. The molecule has 0 heterocycles. The van der Waals surface area contributed by atoms with Crippen LogP contribution in [0.15, 0.2) is 36.4 Å². The molecule has 16 heteroatoms. The van der Waals surface area contributed by atoms with Crippen LogP contribution in [0.4, 0.5) is 0 Å². The molecule has 0 spiro atoms. The van der Waals surface area contributed by atoms with Gasteiger partial charge in [0.15, 0.2) is 0 Å². The van der Waals surface area contributed by atoms with E-state index in [9.17, 15) is 0 Å². The second kappa shape index (κ2) is 38.0. The summed E-state index contributed by atoms with van der Waals surface area (Å²) >= 11 is 0. The second-order valence-corrected chi connectivity index (χ2v) is 11.6. The molecule has 0 aliphatic rings. The van der Waals surface area contributed by atoms with Gasteiger partial charge in [0.2, 0.25) is 0 Å². The van der Waals surface area contributed by atoms with Crippen LogP contribution in [0.25, 0.3) is 11.1 Å². The Kier molecular flexibility index (Phi) is 33.7. The van der Waals surface area contributed by atoms with Gasteiger partial charge in [-0.25, -0.2) is 0 Å². The molecule has 2 aromatic rings. The van der Waals surface area contributed by atoms with Crippen LogP contribution in [-0.2, 0) is 58.5 Å². The smallest absolute Gasteiger partial charge is 0.123 e. The lowest BCUT2D eigenvalue weighted by Crippen LogP contribution is -2.14. The molecule has 1 radical (unpaired) electrons. The lowest BCUT2D eigenvalue weighted by atomic mass is 9.97. The number of hydrogen-bond acceptors (Lipinski definition) is 16. The van der Waals surface area contributed by atoms with Crippen molar-refractivity contribution in [2.75, 3.05) is 178 Å². The van der Waals surface area contributed by atoms with Crippen LogP contribution in [0.2, 0.25) is 0 Å². The SMILES string of the molecule is OCCOCCOCCOCCOCCOc1ccc(-c2[c]ccc(OCCOCCOCCOCCOCCO)c2CCOCCOCCOCCO)cc1. The van der Waals surface area contributed by atoms with Crippen molar-refractivity contribution < 1.29 is 76.9 Å². The number of ether oxygens (including phenoxy) is 13. The van der Waals surface area contributed by atoms with Gasteiger partial charge in [-0.05, 0) is 35.4 Å². The molecular weight excluding hydrogens is 736 g/mol. The minimum absolute atomic E-state index is 0.00348. The van der Waals surface area contributed by atoms with Gasteiger partial charge in [-0.3, -0.25) is 0 Å². The summed E-state index contributed by atoms with van der Waals surface area (Å²) in [5, 5.41) is 26.1. The predicted octanol–water partition coefficient (Wildman–Crippen LogP) is 1.61. The molecule has 0 saturated heterocycles. The van der Waals surface area contributed by atoms with Crippen molar-refractivity contribution in [2.24, 2.45) is 0 Å². The first-order chi connectivity index (χ1) is 27.8. The minimum atomic E-state index is -0.00774. The van der Waals surface area contributed by atoms with Crippen LogP contribution in [-0.4, -0.2) is 194 Å². The molecule has 0 unspecified atom stereocenters. The number of benzene rings is 2. The quantitative estimate of drug-likeness (QED) is 0.0824. The fourth-order valence-electron chi connectivity index (χ4n) is 4.73. The molecule has 16 nitrogen and oxygen atoms in total. The van der Waals surface area contributed by atoms with Crippen LogP contribution >= 0.6 is 0 Å². The van der Waals surface area contributed by atoms with Crippen molar-refractivity contribution >= 4 is 0 Å². The van der Waals surface area contributed by atoms with Crippen LogP contribution in [0.1, 0.15) is 5.56 Å². The largest absolute Gasteiger partial charge is 0.491 e. The normalized spacial score (nSPS) is 11.4. The molecule has 321 valence electrons. The number of aliphatic hydroxyl groups is 3. The number of hydrogen-bond donors (Lipinski definition) is 3. The van der Waals surface area contributed by atoms with E-state index < -0.39 is 0 Å². The van der Waals surface area contributed by atoms with Gasteiger partial charge in [0, 0.05) is 12.0 Å². The van der Waals surface area contributed by atoms with Crippen molar-refractivity contribution in [3.8, 4) is 22.6 Å².